The van der Waals surface area contributed by atoms with E-state index in [9.17, 15) is 4.79 Å². The van der Waals surface area contributed by atoms with Crippen molar-refractivity contribution in [3.05, 3.63) is 0 Å². The molecule has 28 heavy (non-hydrogen) atoms. The quantitative estimate of drug-likeness (QED) is 0.373. The molecule has 0 N–H and O–H groups in total. The molecule has 0 radical (unpaired) electrons. The van der Waals surface area contributed by atoms with E-state index in [0.717, 1.165) is 6.04 Å². The van der Waals surface area contributed by atoms with Crippen LogP contribution in [-0.4, -0.2) is 44.4 Å². The van der Waals surface area contributed by atoms with Gasteiger partial charge < -0.3 is 17.7 Å². The summed E-state index contributed by atoms with van der Waals surface area (Å²) in [6.07, 6.45) is 12.6. The predicted octanol–water partition coefficient (Wildman–Crippen LogP) is 5.68. The van der Waals surface area contributed by atoms with Gasteiger partial charge in [-0.1, -0.05) is 52.4 Å². The second-order valence-corrected chi connectivity index (χ2v) is 16.1. The zero-order valence-corrected chi connectivity index (χ0v) is 20.8. The molecule has 164 valence electrons. The van der Waals surface area contributed by atoms with Gasteiger partial charge in [0.05, 0.1) is 5.92 Å². The van der Waals surface area contributed by atoms with Crippen molar-refractivity contribution < 1.29 is 22.5 Å². The summed E-state index contributed by atoms with van der Waals surface area (Å²) >= 11 is 0. The minimum Gasteiger partial charge on any atom is -0.518 e. The molecule has 0 spiro atoms. The second kappa shape index (κ2) is 11.3. The Balaban J connectivity index is 2.20. The minimum absolute atomic E-state index is 0.0374. The molecule has 0 aliphatic heterocycles. The summed E-state index contributed by atoms with van der Waals surface area (Å²) in [5.41, 5.74) is 1.32. The highest BCUT2D eigenvalue weighted by atomic mass is 28.4. The zero-order chi connectivity index (χ0) is 20.6. The van der Waals surface area contributed by atoms with Crippen molar-refractivity contribution in [3.8, 4) is 0 Å². The van der Waals surface area contributed by atoms with E-state index >= 15 is 0 Å². The third-order valence-electron chi connectivity index (χ3n) is 7.20. The van der Waals surface area contributed by atoms with E-state index in [4.69, 9.17) is 17.7 Å². The van der Waals surface area contributed by atoms with Gasteiger partial charge in [-0.3, -0.25) is 4.79 Å². The molecule has 0 heterocycles. The van der Waals surface area contributed by atoms with Crippen molar-refractivity contribution in [1.29, 1.82) is 0 Å². The molecule has 0 aromatic carbocycles. The lowest BCUT2D eigenvalue weighted by Crippen LogP contribution is -2.50. The van der Waals surface area contributed by atoms with Gasteiger partial charge in [-0.05, 0) is 42.8 Å². The van der Waals surface area contributed by atoms with Crippen molar-refractivity contribution >= 4 is 23.1 Å². The minimum atomic E-state index is -2.79. The van der Waals surface area contributed by atoms with E-state index in [1.165, 1.54) is 64.2 Å². The van der Waals surface area contributed by atoms with Crippen molar-refractivity contribution in [1.82, 2.24) is 0 Å². The fraction of sp³-hybridized carbons (Fsp3) is 0.952. The van der Waals surface area contributed by atoms with E-state index < -0.39 is 17.1 Å². The van der Waals surface area contributed by atoms with Crippen LogP contribution in [-0.2, 0) is 22.5 Å². The SMILES string of the molecule is CCCC[Si](OC(=O)C(C)C[Si](OC)(OC)OC)(C1CCCC1)C1CCCC1. The number of hydrogen-bond acceptors (Lipinski definition) is 5. The Morgan fingerprint density at radius 1 is 0.929 bits per heavy atom. The van der Waals surface area contributed by atoms with E-state index in [1.54, 1.807) is 21.3 Å². The zero-order valence-electron chi connectivity index (χ0n) is 18.8. The van der Waals surface area contributed by atoms with Crippen LogP contribution in [0.1, 0.15) is 78.1 Å². The Morgan fingerprint density at radius 2 is 1.39 bits per heavy atom. The number of hydrogen-bond donors (Lipinski definition) is 0. The Bertz CT molecular complexity index is 447. The molecular formula is C21H42O5Si2. The summed E-state index contributed by atoms with van der Waals surface area (Å²) in [6.45, 7) is 4.20. The molecule has 0 aromatic heterocycles. The highest BCUT2D eigenvalue weighted by Crippen LogP contribution is 2.53. The van der Waals surface area contributed by atoms with E-state index in [1.807, 2.05) is 6.92 Å². The summed E-state index contributed by atoms with van der Waals surface area (Å²) in [4.78, 5) is 13.3. The molecule has 2 rings (SSSR count). The van der Waals surface area contributed by atoms with Crippen LogP contribution in [0.4, 0.5) is 0 Å². The molecule has 1 unspecified atom stereocenters. The topological polar surface area (TPSA) is 54.0 Å². The largest absolute Gasteiger partial charge is 0.518 e. The number of rotatable bonds is 12. The van der Waals surface area contributed by atoms with Crippen molar-refractivity contribution in [3.63, 3.8) is 0 Å². The van der Waals surface area contributed by atoms with Gasteiger partial charge in [-0.2, -0.15) is 0 Å². The summed E-state index contributed by atoms with van der Waals surface area (Å²) in [5.74, 6) is -0.299. The summed E-state index contributed by atoms with van der Waals surface area (Å²) in [5, 5.41) is 0. The summed E-state index contributed by atoms with van der Waals surface area (Å²) in [7, 11) is -0.114. The molecule has 2 aliphatic carbocycles. The van der Waals surface area contributed by atoms with Gasteiger partial charge in [0, 0.05) is 27.4 Å². The van der Waals surface area contributed by atoms with E-state index in [-0.39, 0.29) is 11.9 Å². The van der Waals surface area contributed by atoms with Gasteiger partial charge in [0.25, 0.3) is 14.3 Å². The van der Waals surface area contributed by atoms with Gasteiger partial charge in [0.1, 0.15) is 0 Å². The van der Waals surface area contributed by atoms with Crippen LogP contribution in [0.2, 0.25) is 23.2 Å². The molecule has 1 atom stereocenters. The molecule has 2 aliphatic rings. The standard InChI is InChI=1S/C21H42O5Si2/c1-6-7-16-27(19-12-8-9-13-19,20-14-10-11-15-20)26-21(22)18(2)17-28(23-3,24-4)25-5/h18-20H,6-17H2,1-5H3. The average Bonchev–Trinajstić information content (AvgIpc) is 3.43. The Hall–Kier alpha value is -0.216. The monoisotopic (exact) mass is 430 g/mol. The summed E-state index contributed by atoms with van der Waals surface area (Å²) in [6, 6.07) is 1.63. The lowest BCUT2D eigenvalue weighted by molar-refractivity contribution is -0.139. The number of unbranched alkanes of at least 4 members (excludes halogenated alkanes) is 1. The van der Waals surface area contributed by atoms with Crippen LogP contribution >= 0.6 is 0 Å². The van der Waals surface area contributed by atoms with Crippen LogP contribution in [0.5, 0.6) is 0 Å². The molecule has 0 saturated heterocycles. The van der Waals surface area contributed by atoms with Crippen LogP contribution in [0, 0.1) is 5.92 Å². The molecule has 7 heteroatoms. The fourth-order valence-electron chi connectivity index (χ4n) is 5.49. The highest BCUT2D eigenvalue weighted by molar-refractivity contribution is 6.78. The predicted molar refractivity (Wildman–Crippen MR) is 117 cm³/mol. The first-order valence-corrected chi connectivity index (χ1v) is 15.6. The average molecular weight is 431 g/mol. The molecule has 5 nitrogen and oxygen atoms in total. The smallest absolute Gasteiger partial charge is 0.501 e. The van der Waals surface area contributed by atoms with Crippen LogP contribution in [0.3, 0.4) is 0 Å². The highest BCUT2D eigenvalue weighted by Gasteiger charge is 2.54. The van der Waals surface area contributed by atoms with Gasteiger partial charge >= 0.3 is 8.80 Å². The maximum absolute atomic E-state index is 13.3. The number of carbonyl (C=O) groups is 1. The summed E-state index contributed by atoms with van der Waals surface area (Å²) < 4.78 is 23.4. The van der Waals surface area contributed by atoms with Crippen LogP contribution in [0.15, 0.2) is 0 Å². The van der Waals surface area contributed by atoms with Crippen molar-refractivity contribution in [2.75, 3.05) is 21.3 Å². The third kappa shape index (κ3) is 5.47. The molecule has 2 fully saturated rings. The van der Waals surface area contributed by atoms with Crippen molar-refractivity contribution in [2.24, 2.45) is 5.92 Å². The maximum Gasteiger partial charge on any atom is 0.501 e. The lowest BCUT2D eigenvalue weighted by Gasteiger charge is -2.42. The third-order valence-corrected chi connectivity index (χ3v) is 15.8. The van der Waals surface area contributed by atoms with Gasteiger partial charge in [0.15, 0.2) is 0 Å². The number of carbonyl (C=O) groups excluding carboxylic acids is 1. The Morgan fingerprint density at radius 3 is 1.79 bits per heavy atom. The van der Waals surface area contributed by atoms with Gasteiger partial charge in [-0.15, -0.1) is 0 Å². The molecule has 0 bridgehead atoms. The van der Waals surface area contributed by atoms with E-state index in [2.05, 4.69) is 6.92 Å². The van der Waals surface area contributed by atoms with E-state index in [0.29, 0.717) is 17.1 Å². The normalized spacial score (nSPS) is 20.6. The molecular weight excluding hydrogens is 388 g/mol. The first-order valence-electron chi connectivity index (χ1n) is 11.3. The fourth-order valence-corrected chi connectivity index (χ4v) is 13.6. The first kappa shape index (κ1) is 24.1. The van der Waals surface area contributed by atoms with Gasteiger partial charge in [-0.25, -0.2) is 0 Å². The maximum atomic E-state index is 13.3. The molecule has 2 saturated carbocycles. The Labute approximate surface area is 174 Å². The van der Waals surface area contributed by atoms with Gasteiger partial charge in [0.2, 0.25) is 0 Å². The van der Waals surface area contributed by atoms with Crippen LogP contribution < -0.4 is 0 Å². The lowest BCUT2D eigenvalue weighted by atomic mass is 10.2. The molecule has 0 aromatic rings. The second-order valence-electron chi connectivity index (χ2n) is 8.84. The van der Waals surface area contributed by atoms with Crippen molar-refractivity contribution in [2.45, 2.75) is 101 Å². The first-order chi connectivity index (χ1) is 13.5. The Kier molecular flexibility index (Phi) is 9.67. The van der Waals surface area contributed by atoms with Crippen LogP contribution in [0.25, 0.3) is 0 Å². The molecule has 0 amide bonds.